The summed E-state index contributed by atoms with van der Waals surface area (Å²) >= 11 is 15.7. The predicted octanol–water partition coefficient (Wildman–Crippen LogP) is 6.27. The van der Waals surface area contributed by atoms with E-state index in [0.717, 1.165) is 17.9 Å². The van der Waals surface area contributed by atoms with Crippen LogP contribution in [0.5, 0.6) is 0 Å². The van der Waals surface area contributed by atoms with Gasteiger partial charge in [-0.1, -0.05) is 41.4 Å². The first-order chi connectivity index (χ1) is 12.7. The number of anilines is 2. The first kappa shape index (κ1) is 22.5. The number of hydrogen-bond donors (Lipinski definition) is 2. The Balaban J connectivity index is 0.000000244. The van der Waals surface area contributed by atoms with E-state index in [1.54, 1.807) is 60.7 Å². The number of sulfonamides is 1. The molecule has 0 fully saturated rings. The van der Waals surface area contributed by atoms with E-state index < -0.39 is 10.0 Å². The molecule has 3 N–H and O–H groups in total. The zero-order valence-corrected chi connectivity index (χ0v) is 20.3. The number of hydrogen-bond acceptors (Lipinski definition) is 3. The Kier molecular flexibility index (Phi) is 8.47. The minimum atomic E-state index is -3.55. The lowest BCUT2D eigenvalue weighted by atomic mass is 10.3. The molecule has 142 valence electrons. The van der Waals surface area contributed by atoms with Crippen LogP contribution in [-0.2, 0) is 10.0 Å². The zero-order chi connectivity index (χ0) is 20.0. The number of nitrogens with two attached hydrogens (primary N) is 1. The second-order valence-corrected chi connectivity index (χ2v) is 10.1. The lowest BCUT2D eigenvalue weighted by molar-refractivity contribution is 0.601. The van der Waals surface area contributed by atoms with Crippen LogP contribution in [-0.4, -0.2) is 8.42 Å². The monoisotopic (exact) mass is 646 g/mol. The maximum atomic E-state index is 12.1. The first-order valence-electron chi connectivity index (χ1n) is 7.42. The highest BCUT2D eigenvalue weighted by atomic mass is 127. The van der Waals surface area contributed by atoms with E-state index in [9.17, 15) is 8.42 Å². The van der Waals surface area contributed by atoms with E-state index in [-0.39, 0.29) is 4.90 Å². The van der Waals surface area contributed by atoms with Crippen molar-refractivity contribution < 1.29 is 8.42 Å². The van der Waals surface area contributed by atoms with Gasteiger partial charge in [0, 0.05) is 22.9 Å². The number of nitrogen functional groups attached to an aromatic ring is 1. The Morgan fingerprint density at radius 2 is 1.37 bits per heavy atom. The van der Waals surface area contributed by atoms with Gasteiger partial charge in [-0.25, -0.2) is 8.42 Å². The summed E-state index contributed by atoms with van der Waals surface area (Å²) in [6.45, 7) is 0. The maximum absolute atomic E-state index is 12.1. The van der Waals surface area contributed by atoms with E-state index in [1.165, 1.54) is 0 Å². The third-order valence-corrected chi connectivity index (χ3v) is 6.87. The average Bonchev–Trinajstić information content (AvgIpc) is 2.62. The fraction of sp³-hybridized carbons (Fsp3) is 0. The van der Waals surface area contributed by atoms with Gasteiger partial charge in [0.15, 0.2) is 0 Å². The number of rotatable bonds is 3. The molecule has 0 spiro atoms. The van der Waals surface area contributed by atoms with Gasteiger partial charge < -0.3 is 5.73 Å². The summed E-state index contributed by atoms with van der Waals surface area (Å²) in [5.74, 6) is 0. The van der Waals surface area contributed by atoms with Crippen molar-refractivity contribution >= 4 is 89.8 Å². The van der Waals surface area contributed by atoms with Gasteiger partial charge in [0.05, 0.1) is 10.6 Å². The second-order valence-electron chi connectivity index (χ2n) is 5.21. The predicted molar refractivity (Wildman–Crippen MR) is 130 cm³/mol. The summed E-state index contributed by atoms with van der Waals surface area (Å²) in [4.78, 5) is 0.232. The molecule has 0 aliphatic carbocycles. The van der Waals surface area contributed by atoms with E-state index in [1.807, 2.05) is 28.7 Å². The van der Waals surface area contributed by atoms with Crippen LogP contribution in [0.1, 0.15) is 0 Å². The van der Waals surface area contributed by atoms with Crippen LogP contribution in [0.2, 0.25) is 10.0 Å². The van der Waals surface area contributed by atoms with Gasteiger partial charge in [-0.15, -0.1) is 0 Å². The van der Waals surface area contributed by atoms with E-state index in [0.29, 0.717) is 10.7 Å². The van der Waals surface area contributed by atoms with Gasteiger partial charge in [0.2, 0.25) is 0 Å². The smallest absolute Gasteiger partial charge is 0.261 e. The third-order valence-electron chi connectivity index (χ3n) is 3.19. The molecule has 3 aromatic carbocycles. The van der Waals surface area contributed by atoms with E-state index >= 15 is 0 Å². The van der Waals surface area contributed by atoms with Crippen LogP contribution in [0.25, 0.3) is 0 Å². The minimum absolute atomic E-state index is 0.232. The van der Waals surface area contributed by atoms with Crippen LogP contribution in [0.15, 0.2) is 71.6 Å². The van der Waals surface area contributed by atoms with Crippen LogP contribution < -0.4 is 10.5 Å². The summed E-state index contributed by atoms with van der Waals surface area (Å²) < 4.78 is 28.5. The molecule has 0 saturated carbocycles. The fourth-order valence-corrected chi connectivity index (χ4v) is 5.04. The van der Waals surface area contributed by atoms with Gasteiger partial charge in [-0.3, -0.25) is 4.72 Å². The molecule has 9 heteroatoms. The zero-order valence-electron chi connectivity index (χ0n) is 13.7. The van der Waals surface area contributed by atoms with Gasteiger partial charge in [0.25, 0.3) is 10.0 Å². The molecular weight excluding hydrogens is 633 g/mol. The van der Waals surface area contributed by atoms with Crippen molar-refractivity contribution in [3.63, 3.8) is 0 Å². The van der Waals surface area contributed by atoms with Crippen LogP contribution in [0, 0.1) is 7.14 Å². The highest BCUT2D eigenvalue weighted by molar-refractivity contribution is 14.1. The second kappa shape index (κ2) is 10.1. The lowest BCUT2D eigenvalue weighted by Crippen LogP contribution is -2.13. The van der Waals surface area contributed by atoms with Crippen molar-refractivity contribution in [3.05, 3.63) is 83.9 Å². The maximum Gasteiger partial charge on any atom is 0.261 e. The molecule has 0 aliphatic rings. The summed E-state index contributed by atoms with van der Waals surface area (Å²) in [7, 11) is -3.55. The van der Waals surface area contributed by atoms with Gasteiger partial charge in [-0.2, -0.15) is 0 Å². The van der Waals surface area contributed by atoms with Gasteiger partial charge >= 0.3 is 0 Å². The number of halogens is 4. The van der Waals surface area contributed by atoms with Gasteiger partial charge in [-0.05, 0) is 93.7 Å². The summed E-state index contributed by atoms with van der Waals surface area (Å²) in [6, 6.07) is 18.6. The van der Waals surface area contributed by atoms with Crippen LogP contribution in [0.4, 0.5) is 11.4 Å². The van der Waals surface area contributed by atoms with Gasteiger partial charge in [0.1, 0.15) is 0 Å². The number of nitrogens with one attached hydrogen (secondary N) is 1. The Hall–Kier alpha value is -0.750. The molecule has 0 saturated heterocycles. The molecule has 0 atom stereocenters. The molecule has 27 heavy (non-hydrogen) atoms. The van der Waals surface area contributed by atoms with Crippen molar-refractivity contribution in [2.75, 3.05) is 10.5 Å². The Labute approximate surface area is 195 Å². The molecule has 3 aromatic rings. The van der Waals surface area contributed by atoms with Crippen molar-refractivity contribution in [3.8, 4) is 0 Å². The molecular formula is C18H14Cl2I2N2O2S. The van der Waals surface area contributed by atoms with E-state index in [2.05, 4.69) is 27.3 Å². The average molecular weight is 647 g/mol. The van der Waals surface area contributed by atoms with Crippen molar-refractivity contribution in [1.29, 1.82) is 0 Å². The topological polar surface area (TPSA) is 72.2 Å². The normalized spacial score (nSPS) is 10.7. The quantitative estimate of drug-likeness (QED) is 0.260. The van der Waals surface area contributed by atoms with E-state index in [4.69, 9.17) is 28.9 Å². The SMILES string of the molecule is Nc1ccc(Cl)cc1I.O=S(=O)(Nc1ccc(Cl)cc1I)c1ccccc1. The molecule has 0 aromatic heterocycles. The Morgan fingerprint density at radius 1 is 0.815 bits per heavy atom. The van der Waals surface area contributed by atoms with Crippen molar-refractivity contribution in [2.24, 2.45) is 0 Å². The van der Waals surface area contributed by atoms with Crippen LogP contribution in [0.3, 0.4) is 0 Å². The summed E-state index contributed by atoms with van der Waals surface area (Å²) in [5.41, 5.74) is 6.82. The largest absolute Gasteiger partial charge is 0.398 e. The molecule has 3 rings (SSSR count). The molecule has 0 heterocycles. The highest BCUT2D eigenvalue weighted by Gasteiger charge is 2.14. The molecule has 4 nitrogen and oxygen atoms in total. The Bertz CT molecular complexity index is 1030. The van der Waals surface area contributed by atoms with Crippen LogP contribution >= 0.6 is 68.4 Å². The molecule has 0 unspecified atom stereocenters. The molecule has 0 radical (unpaired) electrons. The highest BCUT2D eigenvalue weighted by Crippen LogP contribution is 2.24. The van der Waals surface area contributed by atoms with Crippen molar-refractivity contribution in [2.45, 2.75) is 4.90 Å². The summed E-state index contributed by atoms with van der Waals surface area (Å²) in [5, 5.41) is 1.30. The lowest BCUT2D eigenvalue weighted by Gasteiger charge is -2.09. The third kappa shape index (κ3) is 6.97. The first-order valence-corrected chi connectivity index (χ1v) is 11.8. The number of benzene rings is 3. The standard InChI is InChI=1S/C12H9ClINO2S.C6H5ClIN/c13-9-6-7-12(11(14)8-9)15-18(16,17)10-4-2-1-3-5-10;7-4-1-2-6(9)5(8)3-4/h1-8,15H;1-3H,9H2. The minimum Gasteiger partial charge on any atom is -0.398 e. The molecule has 0 aliphatic heterocycles. The van der Waals surface area contributed by atoms with Crippen molar-refractivity contribution in [1.82, 2.24) is 0 Å². The fourth-order valence-electron chi connectivity index (χ4n) is 1.88. The molecule has 0 bridgehead atoms. The Morgan fingerprint density at radius 3 is 1.89 bits per heavy atom. The summed E-state index contributed by atoms with van der Waals surface area (Å²) in [6.07, 6.45) is 0. The molecule has 0 amide bonds.